The van der Waals surface area contributed by atoms with Gasteiger partial charge < -0.3 is 19.5 Å². The summed E-state index contributed by atoms with van der Waals surface area (Å²) in [6.07, 6.45) is 0. The number of amides is 2. The molecule has 0 bridgehead atoms. The van der Waals surface area contributed by atoms with E-state index in [2.05, 4.69) is 5.32 Å². The van der Waals surface area contributed by atoms with Crippen LogP contribution in [0.25, 0.3) is 0 Å². The molecule has 0 spiro atoms. The van der Waals surface area contributed by atoms with Gasteiger partial charge in [0.25, 0.3) is 5.69 Å². The third-order valence-electron chi connectivity index (χ3n) is 5.03. The van der Waals surface area contributed by atoms with Crippen molar-refractivity contribution in [3.63, 3.8) is 0 Å². The second-order valence-corrected chi connectivity index (χ2v) is 6.82. The quantitative estimate of drug-likeness (QED) is 0.443. The zero-order valence-corrected chi connectivity index (χ0v) is 16.8. The molecule has 0 saturated heterocycles. The number of allylic oxidation sites excluding steroid dienone is 1. The number of fused-ring (bicyclic) bond motifs is 1. The summed E-state index contributed by atoms with van der Waals surface area (Å²) in [5.74, 6) is 0.472. The van der Waals surface area contributed by atoms with Crippen molar-refractivity contribution in [2.45, 2.75) is 19.9 Å². The van der Waals surface area contributed by atoms with Crippen molar-refractivity contribution in [1.29, 1.82) is 0 Å². The Balaban J connectivity index is 1.78. The number of rotatable bonds is 5. The molecule has 0 aromatic heterocycles. The third-order valence-corrected chi connectivity index (χ3v) is 5.03. The maximum Gasteiger partial charge on any atom is 0.338 e. The van der Waals surface area contributed by atoms with Crippen LogP contribution in [0.3, 0.4) is 0 Å². The molecule has 0 fully saturated rings. The van der Waals surface area contributed by atoms with Crippen LogP contribution in [0.4, 0.5) is 16.2 Å². The minimum absolute atomic E-state index is 0.0914. The molecule has 31 heavy (non-hydrogen) atoms. The summed E-state index contributed by atoms with van der Waals surface area (Å²) < 4.78 is 15.9. The van der Waals surface area contributed by atoms with Crippen LogP contribution >= 0.6 is 0 Å². The summed E-state index contributed by atoms with van der Waals surface area (Å²) in [4.78, 5) is 37.7. The molecule has 160 valence electrons. The van der Waals surface area contributed by atoms with Gasteiger partial charge >= 0.3 is 12.0 Å². The molecule has 1 N–H and O–H groups in total. The van der Waals surface area contributed by atoms with Crippen LogP contribution in [0.15, 0.2) is 53.7 Å². The van der Waals surface area contributed by atoms with Gasteiger partial charge in [-0.3, -0.25) is 15.0 Å². The van der Waals surface area contributed by atoms with E-state index in [0.717, 1.165) is 0 Å². The molecule has 1 atom stereocenters. The lowest BCUT2D eigenvalue weighted by Crippen LogP contribution is -2.48. The molecule has 10 nitrogen and oxygen atoms in total. The summed E-state index contributed by atoms with van der Waals surface area (Å²) in [6, 6.07) is 9.40. The number of urea groups is 1. The number of anilines is 1. The Morgan fingerprint density at radius 1 is 1.23 bits per heavy atom. The molecule has 2 aromatic rings. The van der Waals surface area contributed by atoms with E-state index in [1.54, 1.807) is 32.0 Å². The maximum absolute atomic E-state index is 13.0. The first-order valence-electron chi connectivity index (χ1n) is 9.53. The molecule has 2 aromatic carbocycles. The van der Waals surface area contributed by atoms with Gasteiger partial charge in [-0.2, -0.15) is 0 Å². The van der Waals surface area contributed by atoms with Crippen molar-refractivity contribution >= 4 is 23.4 Å². The normalized spacial score (nSPS) is 17.4. The average molecular weight is 425 g/mol. The number of nitrogens with one attached hydrogen (secondary N) is 1. The number of nitro benzene ring substituents is 1. The molecule has 2 aliphatic heterocycles. The second-order valence-electron chi connectivity index (χ2n) is 6.82. The number of esters is 1. The van der Waals surface area contributed by atoms with Crippen LogP contribution in [0.5, 0.6) is 11.5 Å². The van der Waals surface area contributed by atoms with E-state index in [4.69, 9.17) is 14.2 Å². The van der Waals surface area contributed by atoms with E-state index >= 15 is 0 Å². The highest BCUT2D eigenvalue weighted by molar-refractivity contribution is 6.03. The fraction of sp³-hybridized carbons (Fsp3) is 0.238. The van der Waals surface area contributed by atoms with Gasteiger partial charge in [-0.05, 0) is 43.7 Å². The fourth-order valence-electron chi connectivity index (χ4n) is 3.59. The summed E-state index contributed by atoms with van der Waals surface area (Å²) >= 11 is 0. The minimum Gasteiger partial charge on any atom is -0.463 e. The van der Waals surface area contributed by atoms with Crippen LogP contribution in [0, 0.1) is 10.1 Å². The summed E-state index contributed by atoms with van der Waals surface area (Å²) in [5, 5.41) is 13.8. The molecule has 0 aliphatic carbocycles. The summed E-state index contributed by atoms with van der Waals surface area (Å²) in [6.45, 7) is 3.58. The maximum atomic E-state index is 13.0. The molecule has 2 heterocycles. The highest BCUT2D eigenvalue weighted by atomic mass is 16.7. The van der Waals surface area contributed by atoms with Gasteiger partial charge in [0, 0.05) is 23.9 Å². The van der Waals surface area contributed by atoms with Gasteiger partial charge in [-0.15, -0.1) is 0 Å². The lowest BCUT2D eigenvalue weighted by Gasteiger charge is -2.35. The van der Waals surface area contributed by atoms with Gasteiger partial charge in [-0.1, -0.05) is 0 Å². The van der Waals surface area contributed by atoms with Gasteiger partial charge in [-0.25, -0.2) is 9.59 Å². The van der Waals surface area contributed by atoms with Gasteiger partial charge in [0.2, 0.25) is 6.79 Å². The van der Waals surface area contributed by atoms with E-state index in [1.807, 2.05) is 0 Å². The molecule has 0 unspecified atom stereocenters. The van der Waals surface area contributed by atoms with Crippen LogP contribution in [0.1, 0.15) is 25.5 Å². The average Bonchev–Trinajstić information content (AvgIpc) is 3.21. The van der Waals surface area contributed by atoms with Gasteiger partial charge in [0.1, 0.15) is 0 Å². The minimum atomic E-state index is -0.822. The molecule has 10 heteroatoms. The number of carbonyl (C=O) groups excluding carboxylic acids is 2. The first kappa shape index (κ1) is 20.2. The van der Waals surface area contributed by atoms with E-state index in [-0.39, 0.29) is 24.7 Å². The number of benzene rings is 2. The standard InChI is InChI=1S/C21H19N3O7/c1-3-29-20(25)18-12(2)23(15-8-9-16-17(10-15)31-11-30-16)21(26)22-19(18)13-4-6-14(7-5-13)24(27)28/h4-10,19H,3,11H2,1-2H3,(H,22,26)/t19-/m1/s1. The molecule has 4 rings (SSSR count). The molecule has 2 aliphatic rings. The number of hydrogen-bond donors (Lipinski definition) is 1. The number of non-ortho nitro benzene ring substituents is 1. The highest BCUT2D eigenvalue weighted by Gasteiger charge is 2.37. The van der Waals surface area contributed by atoms with E-state index in [0.29, 0.717) is 28.4 Å². The monoisotopic (exact) mass is 425 g/mol. The Morgan fingerprint density at radius 3 is 2.61 bits per heavy atom. The van der Waals surface area contributed by atoms with Crippen LogP contribution in [-0.2, 0) is 9.53 Å². The van der Waals surface area contributed by atoms with Crippen molar-refractivity contribution in [2.24, 2.45) is 0 Å². The Hall–Kier alpha value is -4.08. The van der Waals surface area contributed by atoms with Crippen LogP contribution in [-0.4, -0.2) is 30.3 Å². The summed E-state index contributed by atoms with van der Waals surface area (Å²) in [5.41, 5.74) is 1.53. The fourth-order valence-corrected chi connectivity index (χ4v) is 3.59. The second kappa shape index (κ2) is 7.98. The number of nitro groups is 1. The lowest BCUT2D eigenvalue weighted by atomic mass is 9.94. The van der Waals surface area contributed by atoms with Crippen LogP contribution < -0.4 is 19.7 Å². The smallest absolute Gasteiger partial charge is 0.338 e. The largest absolute Gasteiger partial charge is 0.463 e. The molecular formula is C21H19N3O7. The Labute approximate surface area is 177 Å². The van der Waals surface area contributed by atoms with E-state index in [1.165, 1.54) is 29.2 Å². The van der Waals surface area contributed by atoms with Crippen molar-refractivity contribution in [1.82, 2.24) is 5.32 Å². The number of ether oxygens (including phenoxy) is 3. The lowest BCUT2D eigenvalue weighted by molar-refractivity contribution is -0.384. The first-order valence-corrected chi connectivity index (χ1v) is 9.53. The Kier molecular flexibility index (Phi) is 5.20. The Bertz CT molecular complexity index is 1090. The first-order chi connectivity index (χ1) is 14.9. The SMILES string of the molecule is CCOC(=O)C1=C(C)N(c2ccc3c(c2)OCO3)C(=O)N[C@@H]1c1ccc([N+](=O)[O-])cc1. The number of hydrogen-bond acceptors (Lipinski definition) is 7. The van der Waals surface area contributed by atoms with Crippen LogP contribution in [0.2, 0.25) is 0 Å². The van der Waals surface area contributed by atoms with Gasteiger partial charge in [0.05, 0.1) is 28.8 Å². The predicted octanol–water partition coefficient (Wildman–Crippen LogP) is 3.43. The summed E-state index contributed by atoms with van der Waals surface area (Å²) in [7, 11) is 0. The molecule has 0 radical (unpaired) electrons. The predicted molar refractivity (Wildman–Crippen MR) is 109 cm³/mol. The third kappa shape index (κ3) is 3.63. The zero-order valence-electron chi connectivity index (χ0n) is 16.8. The van der Waals surface area contributed by atoms with Gasteiger partial charge in [0.15, 0.2) is 11.5 Å². The highest BCUT2D eigenvalue weighted by Crippen LogP contribution is 2.39. The number of carbonyl (C=O) groups is 2. The Morgan fingerprint density at radius 2 is 1.94 bits per heavy atom. The van der Waals surface area contributed by atoms with E-state index < -0.39 is 23.0 Å². The van der Waals surface area contributed by atoms with Crippen molar-refractivity contribution in [2.75, 3.05) is 18.3 Å². The molecule has 2 amide bonds. The van der Waals surface area contributed by atoms with Crippen molar-refractivity contribution < 1.29 is 28.7 Å². The zero-order chi connectivity index (χ0) is 22.1. The molecule has 0 saturated carbocycles. The topological polar surface area (TPSA) is 120 Å². The number of nitrogens with zero attached hydrogens (tertiary/aromatic N) is 2. The van der Waals surface area contributed by atoms with Crippen molar-refractivity contribution in [3.05, 3.63) is 69.4 Å². The molecular weight excluding hydrogens is 406 g/mol. The van der Waals surface area contributed by atoms with Crippen molar-refractivity contribution in [3.8, 4) is 11.5 Å². The van der Waals surface area contributed by atoms with E-state index in [9.17, 15) is 19.7 Å².